The first-order chi connectivity index (χ1) is 6.05. The van der Waals surface area contributed by atoms with E-state index in [0.717, 1.165) is 0 Å². The van der Waals surface area contributed by atoms with Crippen molar-refractivity contribution in [1.82, 2.24) is 0 Å². The molecule has 0 bridgehead atoms. The third-order valence-electron chi connectivity index (χ3n) is 2.79. The Labute approximate surface area is 75.6 Å². The van der Waals surface area contributed by atoms with Crippen LogP contribution >= 0.6 is 0 Å². The fourth-order valence-corrected chi connectivity index (χ4v) is 1.83. The van der Waals surface area contributed by atoms with Gasteiger partial charge >= 0.3 is 0 Å². The Balaban J connectivity index is 2.61. The minimum absolute atomic E-state index is 0.0926. The zero-order valence-corrected chi connectivity index (χ0v) is 7.30. The number of rotatable bonds is 0. The molecule has 0 saturated heterocycles. The lowest BCUT2D eigenvalue weighted by Crippen LogP contribution is -2.23. The second kappa shape index (κ2) is 2.51. The molecule has 2 unspecified atom stereocenters. The fraction of sp³-hybridized carbons (Fsp3) is 0.400. The van der Waals surface area contributed by atoms with Gasteiger partial charge in [-0.25, -0.2) is 8.78 Å². The second-order valence-electron chi connectivity index (χ2n) is 3.52. The van der Waals surface area contributed by atoms with E-state index in [1.54, 1.807) is 18.2 Å². The Hall–Kier alpha value is -0.960. The monoisotopic (exact) mass is 183 g/mol. The number of alkyl halides is 2. The molecule has 1 aliphatic carbocycles. The van der Waals surface area contributed by atoms with Crippen LogP contribution < -0.4 is 5.73 Å². The summed E-state index contributed by atoms with van der Waals surface area (Å²) in [4.78, 5) is 0. The minimum Gasteiger partial charge on any atom is -0.324 e. The highest BCUT2D eigenvalue weighted by atomic mass is 19.3. The molecule has 0 aromatic heterocycles. The molecule has 0 amide bonds. The van der Waals surface area contributed by atoms with Crippen LogP contribution in [-0.4, -0.2) is 0 Å². The molecule has 0 heterocycles. The van der Waals surface area contributed by atoms with E-state index in [0.29, 0.717) is 5.56 Å². The van der Waals surface area contributed by atoms with Crippen molar-refractivity contribution in [2.45, 2.75) is 18.9 Å². The summed E-state index contributed by atoms with van der Waals surface area (Å²) in [6.45, 7) is 1.49. The molecule has 0 aliphatic heterocycles. The van der Waals surface area contributed by atoms with Crippen LogP contribution in [0.2, 0.25) is 0 Å². The summed E-state index contributed by atoms with van der Waals surface area (Å²) < 4.78 is 27.0. The summed E-state index contributed by atoms with van der Waals surface area (Å²) in [5, 5.41) is 0. The number of fused-ring (bicyclic) bond motifs is 1. The van der Waals surface area contributed by atoms with Crippen molar-refractivity contribution in [1.29, 1.82) is 0 Å². The minimum atomic E-state index is -2.77. The maximum Gasteiger partial charge on any atom is 0.277 e. The van der Waals surface area contributed by atoms with E-state index >= 15 is 0 Å². The highest BCUT2D eigenvalue weighted by molar-refractivity contribution is 5.39. The van der Waals surface area contributed by atoms with Gasteiger partial charge in [0.2, 0.25) is 0 Å². The molecule has 2 N–H and O–H groups in total. The van der Waals surface area contributed by atoms with Gasteiger partial charge < -0.3 is 5.73 Å². The molecular weight excluding hydrogens is 172 g/mol. The molecule has 2 rings (SSSR count). The van der Waals surface area contributed by atoms with Gasteiger partial charge in [-0.3, -0.25) is 0 Å². The quantitative estimate of drug-likeness (QED) is 0.656. The molecular formula is C10H11F2N. The highest BCUT2D eigenvalue weighted by Crippen LogP contribution is 2.50. The average Bonchev–Trinajstić information content (AvgIpc) is 2.30. The first-order valence-corrected chi connectivity index (χ1v) is 4.28. The summed E-state index contributed by atoms with van der Waals surface area (Å²) in [6, 6.07) is 5.96. The van der Waals surface area contributed by atoms with Gasteiger partial charge in [0, 0.05) is 17.5 Å². The van der Waals surface area contributed by atoms with Gasteiger partial charge in [-0.1, -0.05) is 31.2 Å². The van der Waals surface area contributed by atoms with Crippen molar-refractivity contribution in [3.05, 3.63) is 35.4 Å². The largest absolute Gasteiger partial charge is 0.324 e. The van der Waals surface area contributed by atoms with Crippen LogP contribution in [0.4, 0.5) is 8.78 Å². The molecule has 70 valence electrons. The lowest BCUT2D eigenvalue weighted by Gasteiger charge is -2.17. The van der Waals surface area contributed by atoms with Gasteiger partial charge in [0.25, 0.3) is 5.92 Å². The summed E-state index contributed by atoms with van der Waals surface area (Å²) in [7, 11) is 0. The SMILES string of the molecule is CC1C(N)c2ccccc2C1(F)F. The van der Waals surface area contributed by atoms with E-state index in [1.807, 2.05) is 0 Å². The zero-order chi connectivity index (χ0) is 9.64. The molecule has 13 heavy (non-hydrogen) atoms. The van der Waals surface area contributed by atoms with E-state index in [2.05, 4.69) is 0 Å². The standard InChI is InChI=1S/C10H11F2N/c1-6-9(13)7-4-2-3-5-8(7)10(6,11)12/h2-6,9H,13H2,1H3. The molecule has 1 aromatic carbocycles. The van der Waals surface area contributed by atoms with Crippen molar-refractivity contribution < 1.29 is 8.78 Å². The fourth-order valence-electron chi connectivity index (χ4n) is 1.83. The molecule has 0 spiro atoms. The lowest BCUT2D eigenvalue weighted by molar-refractivity contribution is -0.0522. The molecule has 1 aromatic rings. The summed E-state index contributed by atoms with van der Waals surface area (Å²) >= 11 is 0. The van der Waals surface area contributed by atoms with E-state index in [-0.39, 0.29) is 5.56 Å². The molecule has 0 fully saturated rings. The third-order valence-corrected chi connectivity index (χ3v) is 2.79. The van der Waals surface area contributed by atoms with Gasteiger partial charge in [0.15, 0.2) is 0 Å². The van der Waals surface area contributed by atoms with Gasteiger partial charge in [-0.15, -0.1) is 0 Å². The van der Waals surface area contributed by atoms with Crippen molar-refractivity contribution in [3.8, 4) is 0 Å². The molecule has 0 radical (unpaired) electrons. The Bertz CT molecular complexity index is 335. The van der Waals surface area contributed by atoms with Crippen molar-refractivity contribution >= 4 is 0 Å². The zero-order valence-electron chi connectivity index (χ0n) is 7.30. The van der Waals surface area contributed by atoms with Gasteiger partial charge in [-0.2, -0.15) is 0 Å². The Morgan fingerprint density at radius 1 is 1.31 bits per heavy atom. The maximum atomic E-state index is 13.5. The number of nitrogens with two attached hydrogens (primary N) is 1. The normalized spacial score (nSPS) is 30.2. The predicted molar refractivity (Wildman–Crippen MR) is 46.4 cm³/mol. The number of hydrogen-bond acceptors (Lipinski definition) is 1. The third kappa shape index (κ3) is 1.000. The van der Waals surface area contributed by atoms with Gasteiger partial charge in [0.05, 0.1) is 0 Å². The van der Waals surface area contributed by atoms with Gasteiger partial charge in [-0.05, 0) is 5.56 Å². The second-order valence-corrected chi connectivity index (χ2v) is 3.52. The smallest absolute Gasteiger partial charge is 0.277 e. The van der Waals surface area contributed by atoms with Crippen LogP contribution in [0, 0.1) is 5.92 Å². The van der Waals surface area contributed by atoms with Crippen LogP contribution in [0.25, 0.3) is 0 Å². The molecule has 2 atom stereocenters. The number of hydrogen-bond donors (Lipinski definition) is 1. The Morgan fingerprint density at radius 2 is 1.92 bits per heavy atom. The molecule has 3 heteroatoms. The first-order valence-electron chi connectivity index (χ1n) is 4.28. The highest BCUT2D eigenvalue weighted by Gasteiger charge is 2.49. The lowest BCUT2D eigenvalue weighted by atomic mass is 10.0. The molecule has 1 nitrogen and oxygen atoms in total. The van der Waals surface area contributed by atoms with Crippen LogP contribution in [0.5, 0.6) is 0 Å². The topological polar surface area (TPSA) is 26.0 Å². The van der Waals surface area contributed by atoms with E-state index in [9.17, 15) is 8.78 Å². The molecule has 1 aliphatic rings. The Kier molecular flexibility index (Phi) is 1.67. The molecule has 0 saturated carbocycles. The average molecular weight is 183 g/mol. The number of benzene rings is 1. The summed E-state index contributed by atoms with van der Waals surface area (Å²) in [5.74, 6) is -3.57. The number of halogens is 2. The predicted octanol–water partition coefficient (Wildman–Crippen LogP) is 2.43. The Morgan fingerprint density at radius 3 is 2.54 bits per heavy atom. The van der Waals surface area contributed by atoms with Crippen LogP contribution in [0.15, 0.2) is 24.3 Å². The van der Waals surface area contributed by atoms with Crippen molar-refractivity contribution in [2.24, 2.45) is 11.7 Å². The van der Waals surface area contributed by atoms with Crippen molar-refractivity contribution in [3.63, 3.8) is 0 Å². The summed E-state index contributed by atoms with van der Waals surface area (Å²) in [6.07, 6.45) is 0. The van der Waals surface area contributed by atoms with Crippen LogP contribution in [0.3, 0.4) is 0 Å². The maximum absolute atomic E-state index is 13.5. The van der Waals surface area contributed by atoms with Crippen molar-refractivity contribution in [2.75, 3.05) is 0 Å². The van der Waals surface area contributed by atoms with Gasteiger partial charge in [0.1, 0.15) is 0 Å². The van der Waals surface area contributed by atoms with E-state index in [1.165, 1.54) is 13.0 Å². The summed E-state index contributed by atoms with van der Waals surface area (Å²) in [5.41, 5.74) is 6.36. The van der Waals surface area contributed by atoms with E-state index in [4.69, 9.17) is 5.73 Å². The van der Waals surface area contributed by atoms with Crippen LogP contribution in [0.1, 0.15) is 24.1 Å². The first kappa shape index (κ1) is 8.63. The van der Waals surface area contributed by atoms with Crippen LogP contribution in [-0.2, 0) is 5.92 Å². The van der Waals surface area contributed by atoms with E-state index < -0.39 is 17.9 Å².